The third-order valence-corrected chi connectivity index (χ3v) is 7.76. The first-order valence-electron chi connectivity index (χ1n) is 14.4. The number of imidazole rings is 1. The zero-order chi connectivity index (χ0) is 33.1. The zero-order valence-corrected chi connectivity index (χ0v) is 25.7. The van der Waals surface area contributed by atoms with Crippen LogP contribution in [-0.2, 0) is 11.2 Å². The molecular formula is C32H28ClN9O5. The number of nitrogens with zero attached hydrogens (tertiary/aromatic N) is 6. The summed E-state index contributed by atoms with van der Waals surface area (Å²) in [6.45, 7) is 0.117. The highest BCUT2D eigenvalue weighted by Crippen LogP contribution is 2.36. The van der Waals surface area contributed by atoms with Gasteiger partial charge in [0.05, 0.1) is 41.8 Å². The maximum Gasteiger partial charge on any atom is 0.335 e. The van der Waals surface area contributed by atoms with Crippen molar-refractivity contribution in [3.63, 3.8) is 0 Å². The number of ether oxygens (including phenoxy) is 1. The van der Waals surface area contributed by atoms with Gasteiger partial charge in [-0.05, 0) is 46.3 Å². The number of methoxy groups -OCH3 is 1. The molecule has 0 spiro atoms. The predicted octanol–water partition coefficient (Wildman–Crippen LogP) is 3.85. The molecule has 3 aromatic carbocycles. The minimum atomic E-state index is -1.18. The average molecular weight is 654 g/mol. The standard InChI is InChI=1S/C32H28ClN9O5/c1-47-27-16-41(29(44)15-22(27)21-14-20(33)7-8-25(21)42-17-35-39-40-42)26(11-18-5-3-2-4-6-18)31-37-24-13-19(32(45)46)12-23(30(24)38-31)36-28(43)9-10-34/h2-8,12-17,26H,9-11,34H2,1H3,(H,36,43)(H,37,38)(H,45,46). The van der Waals surface area contributed by atoms with E-state index in [1.807, 2.05) is 30.3 Å². The Kier molecular flexibility index (Phi) is 8.77. The molecule has 6 rings (SSSR count). The molecule has 1 amide bonds. The van der Waals surface area contributed by atoms with Crippen molar-refractivity contribution in [3.8, 4) is 22.6 Å². The number of halogens is 1. The first kappa shape index (κ1) is 31.1. The molecule has 0 saturated heterocycles. The lowest BCUT2D eigenvalue weighted by Gasteiger charge is -2.21. The zero-order valence-electron chi connectivity index (χ0n) is 24.9. The Morgan fingerprint density at radius 3 is 2.62 bits per heavy atom. The van der Waals surface area contributed by atoms with E-state index in [0.29, 0.717) is 50.9 Å². The first-order chi connectivity index (χ1) is 22.7. The van der Waals surface area contributed by atoms with Gasteiger partial charge in [-0.2, -0.15) is 4.68 Å². The Balaban J connectivity index is 1.52. The Morgan fingerprint density at radius 2 is 1.91 bits per heavy atom. The number of rotatable bonds is 11. The van der Waals surface area contributed by atoms with Crippen LogP contribution in [0.15, 0.2) is 84.0 Å². The quantitative estimate of drug-likeness (QED) is 0.159. The summed E-state index contributed by atoms with van der Waals surface area (Å²) in [5.41, 5.74) is 8.51. The summed E-state index contributed by atoms with van der Waals surface area (Å²) in [5.74, 6) is -0.856. The van der Waals surface area contributed by atoms with Gasteiger partial charge in [0.1, 0.15) is 23.4 Å². The van der Waals surface area contributed by atoms with Crippen molar-refractivity contribution in [2.24, 2.45) is 5.73 Å². The Morgan fingerprint density at radius 1 is 1.11 bits per heavy atom. The normalized spacial score (nSPS) is 11.8. The Hall–Kier alpha value is -5.86. The van der Waals surface area contributed by atoms with Gasteiger partial charge in [-0.25, -0.2) is 9.78 Å². The van der Waals surface area contributed by atoms with E-state index in [2.05, 4.69) is 25.8 Å². The van der Waals surface area contributed by atoms with Gasteiger partial charge in [0, 0.05) is 41.6 Å². The number of nitrogens with one attached hydrogen (secondary N) is 2. The summed E-state index contributed by atoms with van der Waals surface area (Å²) in [6, 6.07) is 18.2. The summed E-state index contributed by atoms with van der Waals surface area (Å²) in [5, 5.41) is 24.3. The number of carboxylic acid groups (broad SMARTS) is 1. The molecule has 6 aromatic rings. The fraction of sp³-hybridized carbons (Fsp3) is 0.156. The third kappa shape index (κ3) is 6.45. The molecule has 0 aliphatic carbocycles. The van der Waals surface area contributed by atoms with Crippen LogP contribution in [-0.4, -0.2) is 65.4 Å². The number of carboxylic acids is 1. The van der Waals surface area contributed by atoms with Gasteiger partial charge in [0.25, 0.3) is 5.56 Å². The van der Waals surface area contributed by atoms with Crippen molar-refractivity contribution in [3.05, 3.63) is 112 Å². The molecule has 3 heterocycles. The number of H-pyrrole nitrogens is 1. The number of hydrogen-bond donors (Lipinski definition) is 4. The number of aromatic nitrogens is 7. The first-order valence-corrected chi connectivity index (χ1v) is 14.8. The number of aromatic amines is 1. The smallest absolute Gasteiger partial charge is 0.335 e. The fourth-order valence-corrected chi connectivity index (χ4v) is 5.53. The van der Waals surface area contributed by atoms with Gasteiger partial charge in [-0.3, -0.25) is 9.59 Å². The number of pyridine rings is 1. The largest absolute Gasteiger partial charge is 0.495 e. The van der Waals surface area contributed by atoms with Gasteiger partial charge in [0.2, 0.25) is 5.91 Å². The lowest BCUT2D eigenvalue weighted by Crippen LogP contribution is -2.27. The van der Waals surface area contributed by atoms with Gasteiger partial charge in [0.15, 0.2) is 0 Å². The molecule has 1 unspecified atom stereocenters. The van der Waals surface area contributed by atoms with Crippen molar-refractivity contribution >= 4 is 40.2 Å². The van der Waals surface area contributed by atoms with Crippen LogP contribution >= 0.6 is 11.6 Å². The van der Waals surface area contributed by atoms with Crippen LogP contribution in [0.5, 0.6) is 5.75 Å². The second kappa shape index (κ2) is 13.2. The summed E-state index contributed by atoms with van der Waals surface area (Å²) >= 11 is 6.38. The fourth-order valence-electron chi connectivity index (χ4n) is 5.36. The topological polar surface area (TPSA) is 196 Å². The number of amides is 1. The van der Waals surface area contributed by atoms with E-state index in [1.54, 1.807) is 24.4 Å². The molecule has 0 fully saturated rings. The summed E-state index contributed by atoms with van der Waals surface area (Å²) in [7, 11) is 1.49. The molecule has 0 radical (unpaired) electrons. The molecule has 47 heavy (non-hydrogen) atoms. The van der Waals surface area contributed by atoms with Crippen LogP contribution < -0.4 is 21.3 Å². The van der Waals surface area contributed by atoms with Crippen LogP contribution in [0.3, 0.4) is 0 Å². The number of anilines is 1. The summed E-state index contributed by atoms with van der Waals surface area (Å²) < 4.78 is 8.77. The SMILES string of the molecule is COc1cn(C(Cc2ccccc2)c2nc3c(NC(=O)CCN)cc(C(=O)O)cc3[nH]2)c(=O)cc1-c1cc(Cl)ccc1-n1cnnn1. The molecule has 0 bridgehead atoms. The highest BCUT2D eigenvalue weighted by atomic mass is 35.5. The van der Waals surface area contributed by atoms with Crippen LogP contribution in [0.2, 0.25) is 5.02 Å². The molecule has 15 heteroatoms. The van der Waals surface area contributed by atoms with E-state index in [-0.39, 0.29) is 35.7 Å². The molecule has 1 atom stereocenters. The van der Waals surface area contributed by atoms with Crippen molar-refractivity contribution < 1.29 is 19.4 Å². The van der Waals surface area contributed by atoms with E-state index in [0.717, 1.165) is 5.56 Å². The molecule has 0 saturated carbocycles. The van der Waals surface area contributed by atoms with E-state index >= 15 is 0 Å². The molecule has 0 aliphatic heterocycles. The number of nitrogens with two attached hydrogens (primary N) is 1. The van der Waals surface area contributed by atoms with Gasteiger partial charge in [-0.1, -0.05) is 41.9 Å². The average Bonchev–Trinajstić information content (AvgIpc) is 3.75. The number of tetrazole rings is 1. The number of carbonyl (C=O) groups excluding carboxylic acids is 1. The van der Waals surface area contributed by atoms with Crippen LogP contribution in [0, 0.1) is 0 Å². The number of carbonyl (C=O) groups is 2. The maximum absolute atomic E-state index is 14.1. The maximum atomic E-state index is 14.1. The monoisotopic (exact) mass is 653 g/mol. The summed E-state index contributed by atoms with van der Waals surface area (Å²) in [4.78, 5) is 46.5. The number of fused-ring (bicyclic) bond motifs is 1. The Labute approximate surface area is 271 Å². The van der Waals surface area contributed by atoms with Crippen molar-refractivity contribution in [2.45, 2.75) is 18.9 Å². The molecule has 5 N–H and O–H groups in total. The number of benzene rings is 3. The van der Waals surface area contributed by atoms with E-state index in [4.69, 9.17) is 27.1 Å². The van der Waals surface area contributed by atoms with E-state index < -0.39 is 12.0 Å². The molecular weight excluding hydrogens is 626 g/mol. The number of aromatic carboxylic acids is 1. The second-order valence-corrected chi connectivity index (χ2v) is 11.0. The summed E-state index contributed by atoms with van der Waals surface area (Å²) in [6.07, 6.45) is 3.39. The minimum Gasteiger partial charge on any atom is -0.495 e. The lowest BCUT2D eigenvalue weighted by molar-refractivity contribution is -0.116. The Bertz CT molecular complexity index is 2150. The number of hydrogen-bond acceptors (Lipinski definition) is 9. The predicted molar refractivity (Wildman–Crippen MR) is 174 cm³/mol. The minimum absolute atomic E-state index is 0.0377. The lowest BCUT2D eigenvalue weighted by atomic mass is 10.0. The molecule has 14 nitrogen and oxygen atoms in total. The van der Waals surface area contributed by atoms with E-state index in [9.17, 15) is 19.5 Å². The van der Waals surface area contributed by atoms with E-state index in [1.165, 1.54) is 40.9 Å². The molecule has 238 valence electrons. The van der Waals surface area contributed by atoms with Gasteiger partial charge in [-0.15, -0.1) is 5.10 Å². The van der Waals surface area contributed by atoms with Crippen LogP contribution in [0.4, 0.5) is 5.69 Å². The molecule has 0 aliphatic rings. The highest BCUT2D eigenvalue weighted by Gasteiger charge is 2.25. The van der Waals surface area contributed by atoms with Crippen molar-refractivity contribution in [2.75, 3.05) is 19.0 Å². The van der Waals surface area contributed by atoms with Gasteiger partial charge < -0.3 is 30.4 Å². The highest BCUT2D eigenvalue weighted by molar-refractivity contribution is 6.31. The third-order valence-electron chi connectivity index (χ3n) is 7.53. The van der Waals surface area contributed by atoms with Crippen molar-refractivity contribution in [1.82, 2.24) is 34.7 Å². The van der Waals surface area contributed by atoms with Gasteiger partial charge >= 0.3 is 5.97 Å². The van der Waals surface area contributed by atoms with Crippen LogP contribution in [0.1, 0.15) is 34.2 Å². The second-order valence-electron chi connectivity index (χ2n) is 10.6. The van der Waals surface area contributed by atoms with Crippen molar-refractivity contribution in [1.29, 1.82) is 0 Å². The molecule has 3 aromatic heterocycles. The van der Waals surface area contributed by atoms with Crippen LogP contribution in [0.25, 0.3) is 27.8 Å².